The molecule has 0 unspecified atom stereocenters. The van der Waals surface area contributed by atoms with E-state index in [0.717, 1.165) is 17.7 Å². The fourth-order valence-electron chi connectivity index (χ4n) is 1.71. The maximum atomic E-state index is 12.1. The van der Waals surface area contributed by atoms with E-state index in [1.165, 1.54) is 0 Å². The molecular weight excluding hydrogens is 222 g/mol. The zero-order valence-electron chi connectivity index (χ0n) is 8.97. The lowest BCUT2D eigenvalue weighted by Crippen LogP contribution is -2.35. The Balaban J connectivity index is 2.12. The molecule has 0 saturated heterocycles. The van der Waals surface area contributed by atoms with Gasteiger partial charge < -0.3 is 10.0 Å². The van der Waals surface area contributed by atoms with Crippen molar-refractivity contribution >= 4 is 18.5 Å². The van der Waals surface area contributed by atoms with Gasteiger partial charge in [0.1, 0.15) is 0 Å². The molecule has 1 amide bonds. The first-order valence-electron chi connectivity index (χ1n) is 5.43. The molecule has 1 aromatic rings. The molecule has 1 aromatic carbocycles. The maximum absolute atomic E-state index is 12.1. The summed E-state index contributed by atoms with van der Waals surface area (Å²) in [4.78, 5) is 14.7. The third kappa shape index (κ3) is 2.57. The second kappa shape index (κ2) is 4.89. The summed E-state index contributed by atoms with van der Waals surface area (Å²) >= 11 is 4.18. The summed E-state index contributed by atoms with van der Waals surface area (Å²) < 4.78 is 0. The average Bonchev–Trinajstić information content (AvgIpc) is 3.10. The third-order valence-electron chi connectivity index (χ3n) is 2.70. The molecule has 1 aliphatic carbocycles. The van der Waals surface area contributed by atoms with Gasteiger partial charge in [-0.2, -0.15) is 0 Å². The molecule has 0 spiro atoms. The van der Waals surface area contributed by atoms with Crippen molar-refractivity contribution in [1.82, 2.24) is 4.90 Å². The highest BCUT2D eigenvalue weighted by molar-refractivity contribution is 7.80. The van der Waals surface area contributed by atoms with Crippen LogP contribution in [0.15, 0.2) is 29.2 Å². The SMILES string of the molecule is O=C(c1ccc(S)cc1)N(CCO)C1CC1. The van der Waals surface area contributed by atoms with E-state index in [1.807, 2.05) is 0 Å². The zero-order chi connectivity index (χ0) is 11.5. The molecule has 16 heavy (non-hydrogen) atoms. The molecule has 0 radical (unpaired) electrons. The Hall–Kier alpha value is -1.00. The van der Waals surface area contributed by atoms with Crippen molar-refractivity contribution in [3.05, 3.63) is 29.8 Å². The Morgan fingerprint density at radius 3 is 2.50 bits per heavy atom. The molecule has 2 rings (SSSR count). The van der Waals surface area contributed by atoms with Crippen LogP contribution in [0.25, 0.3) is 0 Å². The number of carbonyl (C=O) groups is 1. The topological polar surface area (TPSA) is 40.5 Å². The molecule has 1 saturated carbocycles. The minimum atomic E-state index is 0.00452. The molecule has 1 fully saturated rings. The van der Waals surface area contributed by atoms with Crippen molar-refractivity contribution < 1.29 is 9.90 Å². The molecular formula is C12H15NO2S. The second-order valence-electron chi connectivity index (χ2n) is 4.00. The Kier molecular flexibility index (Phi) is 3.51. The second-order valence-corrected chi connectivity index (χ2v) is 4.52. The Morgan fingerprint density at radius 2 is 2.00 bits per heavy atom. The van der Waals surface area contributed by atoms with Gasteiger partial charge in [0.2, 0.25) is 0 Å². The van der Waals surface area contributed by atoms with Gasteiger partial charge >= 0.3 is 0 Å². The number of amides is 1. The first kappa shape index (κ1) is 11.5. The van der Waals surface area contributed by atoms with E-state index in [2.05, 4.69) is 12.6 Å². The van der Waals surface area contributed by atoms with Gasteiger partial charge in [-0.1, -0.05) is 0 Å². The van der Waals surface area contributed by atoms with Gasteiger partial charge in [0.25, 0.3) is 5.91 Å². The van der Waals surface area contributed by atoms with Gasteiger partial charge in [0.05, 0.1) is 6.61 Å². The highest BCUT2D eigenvalue weighted by atomic mass is 32.1. The summed E-state index contributed by atoms with van der Waals surface area (Å²) in [5, 5.41) is 8.95. The van der Waals surface area contributed by atoms with Crippen LogP contribution in [0.3, 0.4) is 0 Å². The number of aliphatic hydroxyl groups is 1. The third-order valence-corrected chi connectivity index (χ3v) is 3.00. The standard InChI is InChI=1S/C12H15NO2S/c14-8-7-13(10-3-4-10)12(15)9-1-5-11(16)6-2-9/h1-2,5-6,10,14,16H,3-4,7-8H2. The lowest BCUT2D eigenvalue weighted by molar-refractivity contribution is 0.0707. The van der Waals surface area contributed by atoms with Gasteiger partial charge in [-0.3, -0.25) is 4.79 Å². The highest BCUT2D eigenvalue weighted by Gasteiger charge is 2.32. The van der Waals surface area contributed by atoms with E-state index in [4.69, 9.17) is 5.11 Å². The van der Waals surface area contributed by atoms with Gasteiger partial charge in [-0.15, -0.1) is 12.6 Å². The first-order valence-corrected chi connectivity index (χ1v) is 5.88. The molecule has 86 valence electrons. The van der Waals surface area contributed by atoms with Gasteiger partial charge in [0.15, 0.2) is 0 Å². The number of hydrogen-bond acceptors (Lipinski definition) is 3. The van der Waals surface area contributed by atoms with Crippen molar-refractivity contribution in [1.29, 1.82) is 0 Å². The van der Waals surface area contributed by atoms with E-state index < -0.39 is 0 Å². The van der Waals surface area contributed by atoms with Crippen molar-refractivity contribution in [2.75, 3.05) is 13.2 Å². The number of nitrogens with zero attached hydrogens (tertiary/aromatic N) is 1. The summed E-state index contributed by atoms with van der Waals surface area (Å²) in [6.07, 6.45) is 2.10. The van der Waals surface area contributed by atoms with Gasteiger partial charge in [-0.25, -0.2) is 0 Å². The number of carbonyl (C=O) groups excluding carboxylic acids is 1. The lowest BCUT2D eigenvalue weighted by atomic mass is 10.2. The number of aliphatic hydroxyl groups excluding tert-OH is 1. The fraction of sp³-hybridized carbons (Fsp3) is 0.417. The predicted molar refractivity (Wildman–Crippen MR) is 64.8 cm³/mol. The molecule has 1 aliphatic rings. The fourth-order valence-corrected chi connectivity index (χ4v) is 1.86. The normalized spacial score (nSPS) is 14.9. The molecule has 4 heteroatoms. The summed E-state index contributed by atoms with van der Waals surface area (Å²) in [7, 11) is 0. The smallest absolute Gasteiger partial charge is 0.254 e. The zero-order valence-corrected chi connectivity index (χ0v) is 9.86. The summed E-state index contributed by atoms with van der Waals surface area (Å²) in [6, 6.07) is 7.49. The number of hydrogen-bond donors (Lipinski definition) is 2. The van der Waals surface area contributed by atoms with Gasteiger partial charge in [-0.05, 0) is 37.1 Å². The van der Waals surface area contributed by atoms with Crippen LogP contribution in [0.2, 0.25) is 0 Å². The van der Waals surface area contributed by atoms with Crippen LogP contribution in [0.1, 0.15) is 23.2 Å². The van der Waals surface area contributed by atoms with E-state index >= 15 is 0 Å². The molecule has 0 aromatic heterocycles. The van der Waals surface area contributed by atoms with Crippen LogP contribution in [0, 0.1) is 0 Å². The van der Waals surface area contributed by atoms with Gasteiger partial charge in [0, 0.05) is 23.0 Å². The monoisotopic (exact) mass is 237 g/mol. The Morgan fingerprint density at radius 1 is 1.38 bits per heavy atom. The van der Waals surface area contributed by atoms with Crippen molar-refractivity contribution in [2.45, 2.75) is 23.8 Å². The number of rotatable bonds is 4. The molecule has 0 heterocycles. The maximum Gasteiger partial charge on any atom is 0.254 e. The predicted octanol–water partition coefficient (Wildman–Crippen LogP) is 1.57. The minimum Gasteiger partial charge on any atom is -0.395 e. The molecule has 3 nitrogen and oxygen atoms in total. The van der Waals surface area contributed by atoms with Crippen LogP contribution in [0.4, 0.5) is 0 Å². The Labute approximate surface area is 100 Å². The minimum absolute atomic E-state index is 0.00452. The quantitative estimate of drug-likeness (QED) is 0.780. The van der Waals surface area contributed by atoms with E-state index in [0.29, 0.717) is 18.2 Å². The molecule has 1 N–H and O–H groups in total. The van der Waals surface area contributed by atoms with E-state index in [9.17, 15) is 4.79 Å². The van der Waals surface area contributed by atoms with E-state index in [1.54, 1.807) is 29.2 Å². The lowest BCUT2D eigenvalue weighted by Gasteiger charge is -2.21. The van der Waals surface area contributed by atoms with Crippen LogP contribution in [-0.2, 0) is 0 Å². The summed E-state index contributed by atoms with van der Waals surface area (Å²) in [5.41, 5.74) is 0.665. The summed E-state index contributed by atoms with van der Waals surface area (Å²) in [6.45, 7) is 0.443. The van der Waals surface area contributed by atoms with Crippen LogP contribution in [-0.4, -0.2) is 35.1 Å². The summed E-state index contributed by atoms with van der Waals surface area (Å²) in [5.74, 6) is 0.00452. The van der Waals surface area contributed by atoms with Crippen molar-refractivity contribution in [3.63, 3.8) is 0 Å². The molecule has 0 aliphatic heterocycles. The highest BCUT2D eigenvalue weighted by Crippen LogP contribution is 2.28. The first-order chi connectivity index (χ1) is 7.72. The Bertz CT molecular complexity index is 373. The average molecular weight is 237 g/mol. The molecule has 0 bridgehead atoms. The molecule has 0 atom stereocenters. The van der Waals surface area contributed by atoms with E-state index in [-0.39, 0.29) is 12.5 Å². The largest absolute Gasteiger partial charge is 0.395 e. The number of benzene rings is 1. The number of thiol groups is 1. The van der Waals surface area contributed by atoms with Crippen LogP contribution < -0.4 is 0 Å². The van der Waals surface area contributed by atoms with Crippen LogP contribution >= 0.6 is 12.6 Å². The van der Waals surface area contributed by atoms with Crippen molar-refractivity contribution in [3.8, 4) is 0 Å². The van der Waals surface area contributed by atoms with Crippen molar-refractivity contribution in [2.24, 2.45) is 0 Å². The van der Waals surface area contributed by atoms with Crippen LogP contribution in [0.5, 0.6) is 0 Å².